The van der Waals surface area contributed by atoms with Crippen molar-refractivity contribution in [2.45, 2.75) is 18.3 Å². The fourth-order valence-corrected chi connectivity index (χ4v) is 1.95. The van der Waals surface area contributed by atoms with Crippen LogP contribution in [0.25, 0.3) is 6.08 Å². The van der Waals surface area contributed by atoms with Crippen molar-refractivity contribution in [2.24, 2.45) is 0 Å². The van der Waals surface area contributed by atoms with Crippen molar-refractivity contribution in [2.75, 3.05) is 7.11 Å². The molecule has 1 unspecified atom stereocenters. The topological polar surface area (TPSA) is 49.7 Å². The molecule has 0 aliphatic heterocycles. The molecule has 0 heterocycles. The number of rotatable bonds is 2. The number of benzene rings is 1. The number of hydrogen-bond donors (Lipinski definition) is 2. The highest BCUT2D eigenvalue weighted by Gasteiger charge is 2.29. The van der Waals surface area contributed by atoms with E-state index in [0.717, 1.165) is 11.1 Å². The summed E-state index contributed by atoms with van der Waals surface area (Å²) in [6.45, 7) is 0. The number of methoxy groups -OCH3 is 1. The van der Waals surface area contributed by atoms with Gasteiger partial charge in [-0.1, -0.05) is 42.5 Å². The summed E-state index contributed by atoms with van der Waals surface area (Å²) in [6, 6.07) is 9.76. The molecule has 0 amide bonds. The van der Waals surface area contributed by atoms with E-state index in [2.05, 4.69) is 0 Å². The maximum absolute atomic E-state index is 9.61. The summed E-state index contributed by atoms with van der Waals surface area (Å²) in [7, 11) is 1.61. The molecule has 3 nitrogen and oxygen atoms in total. The van der Waals surface area contributed by atoms with E-state index in [1.165, 1.54) is 6.08 Å². The Morgan fingerprint density at radius 1 is 1.29 bits per heavy atom. The van der Waals surface area contributed by atoms with Crippen LogP contribution in [-0.2, 0) is 4.74 Å². The number of aliphatic hydroxyl groups is 2. The van der Waals surface area contributed by atoms with Crippen LogP contribution in [0, 0.1) is 0 Å². The van der Waals surface area contributed by atoms with E-state index in [1.807, 2.05) is 36.4 Å². The molecule has 0 fully saturated rings. The Kier molecular flexibility index (Phi) is 3.43. The standard InChI is InChI=1S/C14H16O3/c1-17-13-7-8-14(15,16)10-12(13)9-11-5-3-2-4-6-11/h2-9,13,15-16H,10H2,1H3. The van der Waals surface area contributed by atoms with Gasteiger partial charge in [0.1, 0.15) is 0 Å². The van der Waals surface area contributed by atoms with E-state index in [1.54, 1.807) is 13.2 Å². The minimum absolute atomic E-state index is 0.164. The third kappa shape index (κ3) is 3.03. The van der Waals surface area contributed by atoms with Crippen molar-refractivity contribution < 1.29 is 14.9 Å². The molecular formula is C14H16O3. The van der Waals surface area contributed by atoms with Gasteiger partial charge >= 0.3 is 0 Å². The van der Waals surface area contributed by atoms with Gasteiger partial charge in [-0.25, -0.2) is 0 Å². The minimum Gasteiger partial charge on any atom is -0.373 e. The predicted octanol–water partition coefficient (Wildman–Crippen LogP) is 1.73. The first kappa shape index (κ1) is 12.0. The van der Waals surface area contributed by atoms with Gasteiger partial charge in [0.15, 0.2) is 5.79 Å². The highest BCUT2D eigenvalue weighted by molar-refractivity contribution is 5.55. The highest BCUT2D eigenvalue weighted by atomic mass is 16.5. The van der Waals surface area contributed by atoms with Crippen molar-refractivity contribution in [3.8, 4) is 0 Å². The van der Waals surface area contributed by atoms with E-state index in [9.17, 15) is 10.2 Å². The summed E-state index contributed by atoms with van der Waals surface area (Å²) in [4.78, 5) is 0. The summed E-state index contributed by atoms with van der Waals surface area (Å²) in [5, 5.41) is 19.2. The lowest BCUT2D eigenvalue weighted by molar-refractivity contribution is -0.122. The fraction of sp³-hybridized carbons (Fsp3) is 0.286. The Hall–Kier alpha value is -1.42. The van der Waals surface area contributed by atoms with Gasteiger partial charge in [0.05, 0.1) is 6.10 Å². The molecular weight excluding hydrogens is 216 g/mol. The average molecular weight is 232 g/mol. The highest BCUT2D eigenvalue weighted by Crippen LogP contribution is 2.28. The molecule has 1 atom stereocenters. The lowest BCUT2D eigenvalue weighted by Crippen LogP contribution is -2.33. The molecule has 0 bridgehead atoms. The third-order valence-corrected chi connectivity index (χ3v) is 2.77. The first-order valence-electron chi connectivity index (χ1n) is 5.53. The van der Waals surface area contributed by atoms with Crippen LogP contribution >= 0.6 is 0 Å². The maximum Gasteiger partial charge on any atom is 0.186 e. The second-order valence-electron chi connectivity index (χ2n) is 4.20. The predicted molar refractivity (Wildman–Crippen MR) is 66.1 cm³/mol. The molecule has 0 saturated carbocycles. The number of hydrogen-bond acceptors (Lipinski definition) is 3. The van der Waals surface area contributed by atoms with Crippen molar-refractivity contribution >= 4 is 6.08 Å². The van der Waals surface area contributed by atoms with Crippen LogP contribution in [0.5, 0.6) is 0 Å². The molecule has 0 spiro atoms. The Labute approximate surface area is 101 Å². The van der Waals surface area contributed by atoms with Gasteiger partial charge in [0, 0.05) is 13.5 Å². The van der Waals surface area contributed by atoms with Gasteiger partial charge in [-0.2, -0.15) is 0 Å². The minimum atomic E-state index is -1.77. The molecule has 3 heteroatoms. The van der Waals surface area contributed by atoms with Crippen LogP contribution in [0.3, 0.4) is 0 Å². The summed E-state index contributed by atoms with van der Waals surface area (Å²) in [5.41, 5.74) is 1.88. The van der Waals surface area contributed by atoms with Crippen molar-refractivity contribution in [1.82, 2.24) is 0 Å². The van der Waals surface area contributed by atoms with Crippen LogP contribution in [0.15, 0.2) is 48.1 Å². The molecule has 17 heavy (non-hydrogen) atoms. The first-order chi connectivity index (χ1) is 8.11. The van der Waals surface area contributed by atoms with Crippen LogP contribution in [0.1, 0.15) is 12.0 Å². The SMILES string of the molecule is COC1C=CC(O)(O)CC1=Cc1ccccc1. The zero-order chi connectivity index (χ0) is 12.3. The summed E-state index contributed by atoms with van der Waals surface area (Å²) >= 11 is 0. The normalized spacial score (nSPS) is 25.1. The lowest BCUT2D eigenvalue weighted by atomic mass is 9.92. The van der Waals surface area contributed by atoms with Gasteiger partial charge < -0.3 is 14.9 Å². The number of ether oxygens (including phenoxy) is 1. The third-order valence-electron chi connectivity index (χ3n) is 2.77. The van der Waals surface area contributed by atoms with Crippen LogP contribution in [0.2, 0.25) is 0 Å². The Morgan fingerprint density at radius 3 is 2.65 bits per heavy atom. The molecule has 2 N–H and O–H groups in total. The second kappa shape index (κ2) is 4.84. The molecule has 1 aromatic carbocycles. The van der Waals surface area contributed by atoms with Gasteiger partial charge in [-0.3, -0.25) is 0 Å². The maximum atomic E-state index is 9.61. The monoisotopic (exact) mass is 232 g/mol. The van der Waals surface area contributed by atoms with Crippen LogP contribution in [-0.4, -0.2) is 29.2 Å². The molecule has 1 aliphatic carbocycles. The summed E-state index contributed by atoms with van der Waals surface area (Å²) < 4.78 is 5.29. The van der Waals surface area contributed by atoms with E-state index in [4.69, 9.17) is 4.74 Å². The van der Waals surface area contributed by atoms with Crippen molar-refractivity contribution in [3.05, 3.63) is 53.6 Å². The molecule has 0 radical (unpaired) electrons. The van der Waals surface area contributed by atoms with Gasteiger partial charge in [0.2, 0.25) is 0 Å². The second-order valence-corrected chi connectivity index (χ2v) is 4.20. The molecule has 0 aromatic heterocycles. The summed E-state index contributed by atoms with van der Waals surface area (Å²) in [6.07, 6.45) is 4.93. The Bertz CT molecular complexity index is 432. The van der Waals surface area contributed by atoms with E-state index in [-0.39, 0.29) is 12.5 Å². The first-order valence-corrected chi connectivity index (χ1v) is 5.53. The molecule has 1 aliphatic rings. The van der Waals surface area contributed by atoms with Crippen LogP contribution in [0.4, 0.5) is 0 Å². The largest absolute Gasteiger partial charge is 0.373 e. The van der Waals surface area contributed by atoms with Crippen molar-refractivity contribution in [3.63, 3.8) is 0 Å². The fourth-order valence-electron chi connectivity index (χ4n) is 1.95. The van der Waals surface area contributed by atoms with Crippen molar-refractivity contribution in [1.29, 1.82) is 0 Å². The molecule has 2 rings (SSSR count). The van der Waals surface area contributed by atoms with Gasteiger partial charge in [0.25, 0.3) is 0 Å². The molecule has 1 aromatic rings. The molecule has 90 valence electrons. The zero-order valence-corrected chi connectivity index (χ0v) is 9.71. The van der Waals surface area contributed by atoms with Gasteiger partial charge in [-0.05, 0) is 17.2 Å². The Balaban J connectivity index is 2.30. The Morgan fingerprint density at radius 2 is 2.00 bits per heavy atom. The average Bonchev–Trinajstić information content (AvgIpc) is 2.30. The lowest BCUT2D eigenvalue weighted by Gasteiger charge is -2.28. The van der Waals surface area contributed by atoms with Gasteiger partial charge in [-0.15, -0.1) is 0 Å². The molecule has 0 saturated heterocycles. The zero-order valence-electron chi connectivity index (χ0n) is 9.71. The van der Waals surface area contributed by atoms with E-state index >= 15 is 0 Å². The van der Waals surface area contributed by atoms with E-state index in [0.29, 0.717) is 0 Å². The smallest absolute Gasteiger partial charge is 0.186 e. The summed E-state index contributed by atoms with van der Waals surface area (Å²) in [5.74, 6) is -1.77. The van der Waals surface area contributed by atoms with Crippen LogP contribution < -0.4 is 0 Å². The quantitative estimate of drug-likeness (QED) is 0.603. The van der Waals surface area contributed by atoms with E-state index < -0.39 is 5.79 Å².